The molecule has 1 aromatic rings. The predicted molar refractivity (Wildman–Crippen MR) is 91.4 cm³/mol. The third-order valence-electron chi connectivity index (χ3n) is 5.24. The maximum absolute atomic E-state index is 12.5. The van der Waals surface area contributed by atoms with Gasteiger partial charge in [0.2, 0.25) is 17.7 Å². The van der Waals surface area contributed by atoms with E-state index in [2.05, 4.69) is 5.32 Å². The lowest BCUT2D eigenvalue weighted by atomic mass is 9.81. The number of para-hydroxylation sites is 1. The molecule has 1 aliphatic carbocycles. The Bertz CT molecular complexity index is 659. The van der Waals surface area contributed by atoms with Gasteiger partial charge in [-0.15, -0.1) is 0 Å². The molecule has 1 aliphatic heterocycles. The van der Waals surface area contributed by atoms with E-state index >= 15 is 0 Å². The summed E-state index contributed by atoms with van der Waals surface area (Å²) in [7, 11) is 0. The minimum atomic E-state index is -0.306. The summed E-state index contributed by atoms with van der Waals surface area (Å²) >= 11 is 0. The second-order valence-electron chi connectivity index (χ2n) is 6.77. The van der Waals surface area contributed by atoms with E-state index in [1.807, 2.05) is 32.0 Å². The van der Waals surface area contributed by atoms with E-state index in [4.69, 9.17) is 0 Å². The molecule has 1 aromatic carbocycles. The van der Waals surface area contributed by atoms with E-state index in [-0.39, 0.29) is 36.1 Å². The molecule has 2 unspecified atom stereocenters. The summed E-state index contributed by atoms with van der Waals surface area (Å²) in [6, 6.07) is 5.88. The van der Waals surface area contributed by atoms with Crippen LogP contribution in [0.25, 0.3) is 0 Å². The predicted octanol–water partition coefficient (Wildman–Crippen LogP) is 2.67. The number of fused-ring (bicyclic) bond motifs is 1. The van der Waals surface area contributed by atoms with Gasteiger partial charge in [0.1, 0.15) is 6.54 Å². The number of nitrogens with zero attached hydrogens (tertiary/aromatic N) is 1. The van der Waals surface area contributed by atoms with Gasteiger partial charge in [0, 0.05) is 5.69 Å². The topological polar surface area (TPSA) is 66.5 Å². The first-order valence-corrected chi connectivity index (χ1v) is 8.76. The Morgan fingerprint density at radius 1 is 1.17 bits per heavy atom. The number of rotatable bonds is 4. The number of likely N-dealkylation sites (tertiary alicyclic amines) is 1. The van der Waals surface area contributed by atoms with Gasteiger partial charge in [0.15, 0.2) is 0 Å². The van der Waals surface area contributed by atoms with Crippen LogP contribution in [0.4, 0.5) is 5.69 Å². The average Bonchev–Trinajstić information content (AvgIpc) is 2.82. The number of carbonyl (C=O) groups excluding carboxylic acids is 3. The first kappa shape index (κ1) is 16.7. The summed E-state index contributed by atoms with van der Waals surface area (Å²) in [6.45, 7) is 3.79. The Morgan fingerprint density at radius 3 is 2.38 bits per heavy atom. The summed E-state index contributed by atoms with van der Waals surface area (Å²) in [6.07, 6.45) is 4.33. The first-order valence-electron chi connectivity index (χ1n) is 8.76. The SMILES string of the molecule is CCc1cccc(C)c1NC(=O)CN1C(=O)C2CCCCC2C1=O. The third-order valence-corrected chi connectivity index (χ3v) is 5.24. The highest BCUT2D eigenvalue weighted by molar-refractivity contribution is 6.08. The Balaban J connectivity index is 1.71. The van der Waals surface area contributed by atoms with E-state index in [0.29, 0.717) is 0 Å². The summed E-state index contributed by atoms with van der Waals surface area (Å²) in [5, 5.41) is 2.89. The van der Waals surface area contributed by atoms with Gasteiger partial charge in [-0.3, -0.25) is 19.3 Å². The molecular formula is C19H24N2O3. The van der Waals surface area contributed by atoms with Crippen molar-refractivity contribution in [2.45, 2.75) is 46.0 Å². The highest BCUT2D eigenvalue weighted by Crippen LogP contribution is 2.37. The molecule has 0 radical (unpaired) electrons. The maximum atomic E-state index is 12.5. The number of aryl methyl sites for hydroxylation is 2. The van der Waals surface area contributed by atoms with Crippen molar-refractivity contribution in [3.05, 3.63) is 29.3 Å². The zero-order chi connectivity index (χ0) is 17.3. The molecule has 1 N–H and O–H groups in total. The molecule has 128 valence electrons. The van der Waals surface area contributed by atoms with Crippen molar-refractivity contribution in [1.29, 1.82) is 0 Å². The lowest BCUT2D eigenvalue weighted by molar-refractivity contribution is -0.142. The van der Waals surface area contributed by atoms with Crippen molar-refractivity contribution in [1.82, 2.24) is 4.90 Å². The van der Waals surface area contributed by atoms with Crippen LogP contribution in [-0.4, -0.2) is 29.2 Å². The molecule has 1 saturated heterocycles. The van der Waals surface area contributed by atoms with Gasteiger partial charge in [-0.2, -0.15) is 0 Å². The molecule has 1 heterocycles. The molecule has 3 amide bonds. The van der Waals surface area contributed by atoms with Crippen LogP contribution >= 0.6 is 0 Å². The quantitative estimate of drug-likeness (QED) is 0.864. The van der Waals surface area contributed by atoms with Crippen molar-refractivity contribution in [3.8, 4) is 0 Å². The van der Waals surface area contributed by atoms with E-state index in [1.165, 1.54) is 4.90 Å². The molecule has 2 atom stereocenters. The normalized spacial score (nSPS) is 23.3. The zero-order valence-electron chi connectivity index (χ0n) is 14.3. The number of benzene rings is 1. The molecule has 0 bridgehead atoms. The van der Waals surface area contributed by atoms with Crippen LogP contribution in [0, 0.1) is 18.8 Å². The van der Waals surface area contributed by atoms with Crippen LogP contribution < -0.4 is 5.32 Å². The number of anilines is 1. The number of nitrogens with one attached hydrogen (secondary N) is 1. The minimum Gasteiger partial charge on any atom is -0.324 e. The van der Waals surface area contributed by atoms with Gasteiger partial charge < -0.3 is 5.32 Å². The Labute approximate surface area is 142 Å². The minimum absolute atomic E-state index is 0.166. The summed E-state index contributed by atoms with van der Waals surface area (Å²) in [5.74, 6) is -1.05. The van der Waals surface area contributed by atoms with Crippen LogP contribution in [-0.2, 0) is 20.8 Å². The fraction of sp³-hybridized carbons (Fsp3) is 0.526. The molecule has 5 heteroatoms. The molecule has 2 fully saturated rings. The molecule has 1 saturated carbocycles. The van der Waals surface area contributed by atoms with E-state index in [9.17, 15) is 14.4 Å². The highest BCUT2D eigenvalue weighted by Gasteiger charge is 2.48. The number of amides is 3. The lowest BCUT2D eigenvalue weighted by Gasteiger charge is -2.19. The van der Waals surface area contributed by atoms with Crippen LogP contribution in [0.2, 0.25) is 0 Å². The van der Waals surface area contributed by atoms with E-state index in [0.717, 1.165) is 48.9 Å². The Morgan fingerprint density at radius 2 is 1.79 bits per heavy atom. The number of hydrogen-bond acceptors (Lipinski definition) is 3. The molecular weight excluding hydrogens is 304 g/mol. The smallest absolute Gasteiger partial charge is 0.244 e. The van der Waals surface area contributed by atoms with Gasteiger partial charge in [-0.1, -0.05) is 38.0 Å². The van der Waals surface area contributed by atoms with Crippen LogP contribution in [0.15, 0.2) is 18.2 Å². The lowest BCUT2D eigenvalue weighted by Crippen LogP contribution is -2.38. The monoisotopic (exact) mass is 328 g/mol. The first-order chi connectivity index (χ1) is 11.5. The fourth-order valence-electron chi connectivity index (χ4n) is 3.91. The van der Waals surface area contributed by atoms with Crippen molar-refractivity contribution in [3.63, 3.8) is 0 Å². The number of carbonyl (C=O) groups is 3. The second-order valence-corrected chi connectivity index (χ2v) is 6.77. The van der Waals surface area contributed by atoms with Crippen molar-refractivity contribution in [2.24, 2.45) is 11.8 Å². The van der Waals surface area contributed by atoms with Gasteiger partial charge >= 0.3 is 0 Å². The Hall–Kier alpha value is -2.17. The molecule has 0 aromatic heterocycles. The Kier molecular flexibility index (Phi) is 4.69. The molecule has 5 nitrogen and oxygen atoms in total. The van der Waals surface area contributed by atoms with E-state index < -0.39 is 0 Å². The average molecular weight is 328 g/mol. The molecule has 0 spiro atoms. The van der Waals surface area contributed by atoms with Gasteiger partial charge in [-0.05, 0) is 37.3 Å². The van der Waals surface area contributed by atoms with Crippen LogP contribution in [0.1, 0.15) is 43.7 Å². The molecule has 2 aliphatic rings. The summed E-state index contributed by atoms with van der Waals surface area (Å²) < 4.78 is 0. The van der Waals surface area contributed by atoms with Crippen LogP contribution in [0.5, 0.6) is 0 Å². The third kappa shape index (κ3) is 2.95. The maximum Gasteiger partial charge on any atom is 0.244 e. The van der Waals surface area contributed by atoms with E-state index in [1.54, 1.807) is 0 Å². The zero-order valence-corrected chi connectivity index (χ0v) is 14.3. The molecule has 3 rings (SSSR count). The summed E-state index contributed by atoms with van der Waals surface area (Å²) in [4.78, 5) is 38.5. The largest absolute Gasteiger partial charge is 0.324 e. The number of hydrogen-bond donors (Lipinski definition) is 1. The fourth-order valence-corrected chi connectivity index (χ4v) is 3.91. The second kappa shape index (κ2) is 6.75. The standard InChI is InChI=1S/C19H24N2O3/c1-3-13-8-6-7-12(2)17(13)20-16(22)11-21-18(23)14-9-4-5-10-15(14)19(21)24/h6-8,14-15H,3-5,9-11H2,1-2H3,(H,20,22). The van der Waals surface area contributed by atoms with Crippen molar-refractivity contribution in [2.75, 3.05) is 11.9 Å². The van der Waals surface area contributed by atoms with Crippen molar-refractivity contribution >= 4 is 23.4 Å². The van der Waals surface area contributed by atoms with Gasteiger partial charge in [0.05, 0.1) is 11.8 Å². The van der Waals surface area contributed by atoms with Gasteiger partial charge in [-0.25, -0.2) is 0 Å². The highest BCUT2D eigenvalue weighted by atomic mass is 16.2. The number of imide groups is 1. The van der Waals surface area contributed by atoms with Gasteiger partial charge in [0.25, 0.3) is 0 Å². The van der Waals surface area contributed by atoms with Crippen LogP contribution in [0.3, 0.4) is 0 Å². The summed E-state index contributed by atoms with van der Waals surface area (Å²) in [5.41, 5.74) is 2.83. The molecule has 24 heavy (non-hydrogen) atoms. The van der Waals surface area contributed by atoms with Crippen molar-refractivity contribution < 1.29 is 14.4 Å².